The van der Waals surface area contributed by atoms with E-state index in [1.165, 1.54) is 0 Å². The molecule has 1 aliphatic rings. The van der Waals surface area contributed by atoms with Gasteiger partial charge in [-0.15, -0.1) is 0 Å². The second kappa shape index (κ2) is 4.36. The van der Waals surface area contributed by atoms with Gasteiger partial charge in [-0.2, -0.15) is 0 Å². The Bertz CT molecular complexity index is 254. The number of carbonyl (C=O) groups is 1. The highest BCUT2D eigenvalue weighted by molar-refractivity contribution is 5.78. The maximum Gasteiger partial charge on any atom is 0.248 e. The molecule has 0 aromatic carbocycles. The number of nitrogens with zero attached hydrogens (tertiary/aromatic N) is 1. The summed E-state index contributed by atoms with van der Waals surface area (Å²) >= 11 is 0. The van der Waals surface area contributed by atoms with Gasteiger partial charge in [0.25, 0.3) is 0 Å². The third-order valence-corrected chi connectivity index (χ3v) is 3.09. The number of ether oxygens (including phenoxy) is 1. The van der Waals surface area contributed by atoms with E-state index in [1.807, 2.05) is 25.7 Å². The van der Waals surface area contributed by atoms with Gasteiger partial charge >= 0.3 is 0 Å². The summed E-state index contributed by atoms with van der Waals surface area (Å²) in [6, 6.07) is 0. The van der Waals surface area contributed by atoms with Gasteiger partial charge in [-0.05, 0) is 32.1 Å². The van der Waals surface area contributed by atoms with Gasteiger partial charge in [0.2, 0.25) is 5.91 Å². The van der Waals surface area contributed by atoms with Crippen molar-refractivity contribution in [3.8, 4) is 0 Å². The van der Waals surface area contributed by atoms with Crippen molar-refractivity contribution in [3.05, 3.63) is 0 Å². The summed E-state index contributed by atoms with van der Waals surface area (Å²) in [5.74, 6) is 0.751. The first-order valence-corrected chi connectivity index (χ1v) is 6.01. The average molecular weight is 227 g/mol. The van der Waals surface area contributed by atoms with Crippen molar-refractivity contribution in [3.63, 3.8) is 0 Å². The summed E-state index contributed by atoms with van der Waals surface area (Å²) in [5, 5.41) is 0. The van der Waals surface area contributed by atoms with Crippen molar-refractivity contribution in [2.75, 3.05) is 19.7 Å². The lowest BCUT2D eigenvalue weighted by atomic mass is 9.76. The highest BCUT2D eigenvalue weighted by Gasteiger charge is 2.38. The Morgan fingerprint density at radius 3 is 2.06 bits per heavy atom. The molecule has 0 N–H and O–H groups in total. The van der Waals surface area contributed by atoms with Crippen LogP contribution in [-0.2, 0) is 9.53 Å². The summed E-state index contributed by atoms with van der Waals surface area (Å²) in [6.45, 7) is 14.6. The van der Waals surface area contributed by atoms with Crippen molar-refractivity contribution < 1.29 is 9.53 Å². The molecule has 1 rings (SSSR count). The average Bonchev–Trinajstić information content (AvgIpc) is 1.93. The van der Waals surface area contributed by atoms with E-state index in [-0.39, 0.29) is 18.1 Å². The summed E-state index contributed by atoms with van der Waals surface area (Å²) in [4.78, 5) is 13.6. The van der Waals surface area contributed by atoms with Crippen LogP contribution in [-0.4, -0.2) is 36.1 Å². The molecule has 0 atom stereocenters. The molecule has 0 radical (unpaired) electrons. The smallest absolute Gasteiger partial charge is 0.248 e. The molecule has 16 heavy (non-hydrogen) atoms. The molecule has 94 valence electrons. The van der Waals surface area contributed by atoms with E-state index < -0.39 is 0 Å². The third kappa shape index (κ3) is 3.78. The minimum Gasteiger partial charge on any atom is -0.366 e. The Labute approximate surface area is 99.1 Å². The van der Waals surface area contributed by atoms with Gasteiger partial charge in [-0.3, -0.25) is 4.79 Å². The number of rotatable bonds is 2. The molecule has 0 aromatic heterocycles. The third-order valence-electron chi connectivity index (χ3n) is 3.09. The van der Waals surface area contributed by atoms with Crippen LogP contribution in [0.25, 0.3) is 0 Å². The van der Waals surface area contributed by atoms with Gasteiger partial charge in [0.15, 0.2) is 0 Å². The number of likely N-dealkylation sites (tertiary alicyclic amines) is 1. The van der Waals surface area contributed by atoms with Crippen molar-refractivity contribution >= 4 is 5.91 Å². The molecule has 0 saturated carbocycles. The molecule has 0 aromatic rings. The zero-order valence-electron chi connectivity index (χ0n) is 11.5. The van der Waals surface area contributed by atoms with E-state index >= 15 is 0 Å². The first-order valence-electron chi connectivity index (χ1n) is 6.01. The SMILES string of the molecule is CC(C)(C)OCC(=O)N1CC(C(C)(C)C)C1. The van der Waals surface area contributed by atoms with Crippen LogP contribution in [0.15, 0.2) is 0 Å². The second-order valence-corrected chi connectivity index (χ2v) is 6.76. The van der Waals surface area contributed by atoms with E-state index in [1.54, 1.807) is 0 Å². The fourth-order valence-corrected chi connectivity index (χ4v) is 1.60. The van der Waals surface area contributed by atoms with Gasteiger partial charge < -0.3 is 9.64 Å². The van der Waals surface area contributed by atoms with Crippen molar-refractivity contribution in [2.45, 2.75) is 47.1 Å². The van der Waals surface area contributed by atoms with Crippen LogP contribution in [0, 0.1) is 11.3 Å². The van der Waals surface area contributed by atoms with Crippen LogP contribution < -0.4 is 0 Å². The van der Waals surface area contributed by atoms with E-state index in [0.717, 1.165) is 13.1 Å². The molecule has 0 bridgehead atoms. The van der Waals surface area contributed by atoms with Crippen LogP contribution in [0.2, 0.25) is 0 Å². The molecular formula is C13H25NO2. The molecule has 0 aliphatic carbocycles. The lowest BCUT2D eigenvalue weighted by molar-refractivity contribution is -0.150. The molecule has 3 nitrogen and oxygen atoms in total. The fourth-order valence-electron chi connectivity index (χ4n) is 1.60. The fraction of sp³-hybridized carbons (Fsp3) is 0.923. The largest absolute Gasteiger partial charge is 0.366 e. The second-order valence-electron chi connectivity index (χ2n) is 6.76. The topological polar surface area (TPSA) is 29.5 Å². The molecule has 0 unspecified atom stereocenters. The molecule has 1 saturated heterocycles. The first kappa shape index (κ1) is 13.5. The van der Waals surface area contributed by atoms with E-state index in [0.29, 0.717) is 11.3 Å². The van der Waals surface area contributed by atoms with E-state index in [9.17, 15) is 4.79 Å². The number of carbonyl (C=O) groups excluding carboxylic acids is 1. The van der Waals surface area contributed by atoms with Crippen LogP contribution in [0.1, 0.15) is 41.5 Å². The number of amides is 1. The predicted octanol–water partition coefficient (Wildman–Crippen LogP) is 2.31. The highest BCUT2D eigenvalue weighted by atomic mass is 16.5. The van der Waals surface area contributed by atoms with Crippen LogP contribution in [0.5, 0.6) is 0 Å². The molecule has 1 amide bonds. The normalized spacial score (nSPS) is 18.5. The highest BCUT2D eigenvalue weighted by Crippen LogP contribution is 2.33. The summed E-state index contributed by atoms with van der Waals surface area (Å²) < 4.78 is 5.48. The molecule has 1 aliphatic heterocycles. The minimum absolute atomic E-state index is 0.121. The molecule has 3 heteroatoms. The maximum atomic E-state index is 11.7. The Kier molecular flexibility index (Phi) is 3.68. The van der Waals surface area contributed by atoms with Gasteiger partial charge in [-0.25, -0.2) is 0 Å². The summed E-state index contributed by atoms with van der Waals surface area (Å²) in [6.07, 6.45) is 0. The van der Waals surface area contributed by atoms with Crippen LogP contribution in [0.3, 0.4) is 0 Å². The summed E-state index contributed by atoms with van der Waals surface area (Å²) in [7, 11) is 0. The van der Waals surface area contributed by atoms with Gasteiger partial charge in [-0.1, -0.05) is 20.8 Å². The molecule has 1 heterocycles. The Morgan fingerprint density at radius 2 is 1.69 bits per heavy atom. The minimum atomic E-state index is -0.232. The van der Waals surface area contributed by atoms with Crippen LogP contribution >= 0.6 is 0 Å². The maximum absolute atomic E-state index is 11.7. The predicted molar refractivity (Wildman–Crippen MR) is 65.2 cm³/mol. The van der Waals surface area contributed by atoms with Crippen molar-refractivity contribution in [1.29, 1.82) is 0 Å². The number of hydrogen-bond donors (Lipinski definition) is 0. The quantitative estimate of drug-likeness (QED) is 0.724. The zero-order chi connectivity index (χ0) is 12.6. The van der Waals surface area contributed by atoms with Crippen molar-refractivity contribution in [2.24, 2.45) is 11.3 Å². The van der Waals surface area contributed by atoms with Crippen molar-refractivity contribution in [1.82, 2.24) is 4.90 Å². The Morgan fingerprint density at radius 1 is 1.19 bits per heavy atom. The molecule has 1 fully saturated rings. The molecular weight excluding hydrogens is 202 g/mol. The van der Waals surface area contributed by atoms with E-state index in [2.05, 4.69) is 20.8 Å². The zero-order valence-corrected chi connectivity index (χ0v) is 11.5. The lowest BCUT2D eigenvalue weighted by Gasteiger charge is -2.46. The standard InChI is InChI=1S/C13H25NO2/c1-12(2,3)10-7-14(8-10)11(15)9-16-13(4,5)6/h10H,7-9H2,1-6H3. The van der Waals surface area contributed by atoms with Gasteiger partial charge in [0.1, 0.15) is 6.61 Å². The summed E-state index contributed by atoms with van der Waals surface area (Å²) in [5.41, 5.74) is 0.0750. The number of hydrogen-bond acceptors (Lipinski definition) is 2. The van der Waals surface area contributed by atoms with Gasteiger partial charge in [0.05, 0.1) is 5.60 Å². The first-order chi connectivity index (χ1) is 7.09. The Balaban J connectivity index is 2.28. The lowest BCUT2D eigenvalue weighted by Crippen LogP contribution is -2.55. The van der Waals surface area contributed by atoms with E-state index in [4.69, 9.17) is 4.74 Å². The monoisotopic (exact) mass is 227 g/mol. The van der Waals surface area contributed by atoms with Crippen LogP contribution in [0.4, 0.5) is 0 Å². The van der Waals surface area contributed by atoms with Gasteiger partial charge in [0, 0.05) is 13.1 Å². The Hall–Kier alpha value is -0.570. The molecule has 0 spiro atoms.